The highest BCUT2D eigenvalue weighted by Gasteiger charge is 2.43. The first-order valence-corrected chi connectivity index (χ1v) is 9.25. The molecular formula is C22H25NO4. The Morgan fingerprint density at radius 3 is 2.70 bits per heavy atom. The number of carbonyl (C=O) groups is 1. The number of rotatable bonds is 2. The summed E-state index contributed by atoms with van der Waals surface area (Å²) in [7, 11) is 0. The Balaban J connectivity index is 1.71. The molecular weight excluding hydrogens is 342 g/mol. The summed E-state index contributed by atoms with van der Waals surface area (Å²) < 4.78 is 17.1. The summed E-state index contributed by atoms with van der Waals surface area (Å²) in [4.78, 5) is 11.3. The minimum atomic E-state index is -0.331. The van der Waals surface area contributed by atoms with Crippen molar-refractivity contribution in [1.29, 1.82) is 0 Å². The zero-order valence-corrected chi connectivity index (χ0v) is 16.1. The minimum absolute atomic E-state index is 0.0686. The number of fused-ring (bicyclic) bond motifs is 3. The minimum Gasteiger partial charge on any atom is -0.427 e. The molecule has 3 unspecified atom stereocenters. The van der Waals surface area contributed by atoms with Crippen LogP contribution in [0.2, 0.25) is 0 Å². The third-order valence-electron chi connectivity index (χ3n) is 5.15. The van der Waals surface area contributed by atoms with Crippen molar-refractivity contribution in [2.24, 2.45) is 0 Å². The maximum Gasteiger partial charge on any atom is 0.308 e. The Kier molecular flexibility index (Phi) is 4.44. The van der Waals surface area contributed by atoms with E-state index in [9.17, 15) is 4.79 Å². The van der Waals surface area contributed by atoms with Crippen LogP contribution in [-0.2, 0) is 19.7 Å². The molecule has 1 saturated heterocycles. The fourth-order valence-corrected chi connectivity index (χ4v) is 3.77. The maximum atomic E-state index is 11.3. The highest BCUT2D eigenvalue weighted by atomic mass is 16.7. The molecule has 1 N–H and O–H groups in total. The van der Waals surface area contributed by atoms with Crippen molar-refractivity contribution in [3.63, 3.8) is 0 Å². The monoisotopic (exact) mass is 367 g/mol. The molecule has 3 atom stereocenters. The van der Waals surface area contributed by atoms with Gasteiger partial charge in [-0.1, -0.05) is 45.0 Å². The first-order valence-electron chi connectivity index (χ1n) is 9.25. The lowest BCUT2D eigenvalue weighted by Crippen LogP contribution is -2.34. The van der Waals surface area contributed by atoms with E-state index in [1.165, 1.54) is 12.5 Å². The highest BCUT2D eigenvalue weighted by molar-refractivity contribution is 5.69. The van der Waals surface area contributed by atoms with Gasteiger partial charge in [0, 0.05) is 18.2 Å². The van der Waals surface area contributed by atoms with Gasteiger partial charge in [0.25, 0.3) is 0 Å². The molecule has 142 valence electrons. The van der Waals surface area contributed by atoms with Gasteiger partial charge >= 0.3 is 5.97 Å². The molecule has 2 aliphatic rings. The fourth-order valence-electron chi connectivity index (χ4n) is 3.77. The van der Waals surface area contributed by atoms with E-state index < -0.39 is 0 Å². The lowest BCUT2D eigenvalue weighted by atomic mass is 9.82. The summed E-state index contributed by atoms with van der Waals surface area (Å²) in [6.45, 7) is 8.29. The Hall–Kier alpha value is -2.37. The van der Waals surface area contributed by atoms with Crippen molar-refractivity contribution in [3.8, 4) is 5.75 Å². The van der Waals surface area contributed by atoms with Crippen LogP contribution in [0, 0.1) is 0 Å². The molecule has 2 aromatic rings. The molecule has 1 fully saturated rings. The number of anilines is 1. The molecule has 5 nitrogen and oxygen atoms in total. The van der Waals surface area contributed by atoms with E-state index in [4.69, 9.17) is 14.2 Å². The predicted octanol–water partition coefficient (Wildman–Crippen LogP) is 4.49. The van der Waals surface area contributed by atoms with Crippen LogP contribution >= 0.6 is 0 Å². The van der Waals surface area contributed by atoms with Crippen LogP contribution in [0.3, 0.4) is 0 Å². The number of ether oxygens (including phenoxy) is 3. The van der Waals surface area contributed by atoms with Crippen LogP contribution in [-0.4, -0.2) is 18.9 Å². The van der Waals surface area contributed by atoms with Crippen LogP contribution in [0.5, 0.6) is 5.75 Å². The van der Waals surface area contributed by atoms with Crippen LogP contribution in [0.25, 0.3) is 0 Å². The van der Waals surface area contributed by atoms with Crippen molar-refractivity contribution in [3.05, 3.63) is 59.2 Å². The normalized spacial score (nSPS) is 23.9. The molecule has 2 heterocycles. The number of hydrogen-bond donors (Lipinski definition) is 1. The molecule has 4 rings (SSSR count). The largest absolute Gasteiger partial charge is 0.427 e. The van der Waals surface area contributed by atoms with Gasteiger partial charge in [0.15, 0.2) is 0 Å². The van der Waals surface area contributed by atoms with E-state index in [2.05, 4.69) is 44.3 Å². The average molecular weight is 367 g/mol. The Morgan fingerprint density at radius 1 is 1.15 bits per heavy atom. The molecule has 2 aliphatic heterocycles. The molecule has 2 aromatic carbocycles. The molecule has 27 heavy (non-hydrogen) atoms. The van der Waals surface area contributed by atoms with Crippen molar-refractivity contribution in [2.45, 2.75) is 51.4 Å². The van der Waals surface area contributed by atoms with Gasteiger partial charge in [-0.2, -0.15) is 0 Å². The van der Waals surface area contributed by atoms with E-state index in [1.54, 1.807) is 6.07 Å². The summed E-state index contributed by atoms with van der Waals surface area (Å²) in [5.74, 6) is 0.202. The molecule has 0 amide bonds. The van der Waals surface area contributed by atoms with Crippen LogP contribution in [0.1, 0.15) is 56.5 Å². The summed E-state index contributed by atoms with van der Waals surface area (Å²) >= 11 is 0. The fraction of sp³-hybridized carbons (Fsp3) is 0.409. The van der Waals surface area contributed by atoms with Gasteiger partial charge in [-0.05, 0) is 34.7 Å². The lowest BCUT2D eigenvalue weighted by Gasteiger charge is -2.36. The zero-order chi connectivity index (χ0) is 19.2. The first-order chi connectivity index (χ1) is 12.8. The summed E-state index contributed by atoms with van der Waals surface area (Å²) in [6, 6.07) is 14.0. The first kappa shape index (κ1) is 18.0. The van der Waals surface area contributed by atoms with Gasteiger partial charge in [0.05, 0.1) is 6.04 Å². The summed E-state index contributed by atoms with van der Waals surface area (Å²) in [5.41, 5.74) is 4.53. The van der Waals surface area contributed by atoms with Gasteiger partial charge in [-0.25, -0.2) is 0 Å². The number of nitrogens with one attached hydrogen (secondary N) is 1. The van der Waals surface area contributed by atoms with E-state index in [-0.39, 0.29) is 36.4 Å². The summed E-state index contributed by atoms with van der Waals surface area (Å²) in [6.07, 6.45) is -0.258. The van der Waals surface area contributed by atoms with Crippen molar-refractivity contribution in [1.82, 2.24) is 0 Å². The number of carbonyl (C=O) groups excluding carboxylic acids is 1. The Morgan fingerprint density at radius 2 is 1.96 bits per heavy atom. The predicted molar refractivity (Wildman–Crippen MR) is 103 cm³/mol. The zero-order valence-electron chi connectivity index (χ0n) is 16.1. The van der Waals surface area contributed by atoms with Gasteiger partial charge in [-0.15, -0.1) is 0 Å². The van der Waals surface area contributed by atoms with Crippen LogP contribution in [0.15, 0.2) is 42.5 Å². The van der Waals surface area contributed by atoms with Crippen molar-refractivity contribution in [2.75, 3.05) is 12.1 Å². The molecule has 0 bridgehead atoms. The molecule has 0 aliphatic carbocycles. The second-order valence-corrected chi connectivity index (χ2v) is 8.18. The number of hydrogen-bond acceptors (Lipinski definition) is 5. The van der Waals surface area contributed by atoms with E-state index in [1.807, 2.05) is 18.2 Å². The second kappa shape index (κ2) is 6.66. The van der Waals surface area contributed by atoms with Crippen molar-refractivity contribution >= 4 is 11.7 Å². The topological polar surface area (TPSA) is 56.8 Å². The Labute approximate surface area is 159 Å². The smallest absolute Gasteiger partial charge is 0.308 e. The third-order valence-corrected chi connectivity index (χ3v) is 5.15. The van der Waals surface area contributed by atoms with Gasteiger partial charge in [0.1, 0.15) is 24.8 Å². The molecule has 0 saturated carbocycles. The van der Waals surface area contributed by atoms with E-state index >= 15 is 0 Å². The summed E-state index contributed by atoms with van der Waals surface area (Å²) in [5, 5.41) is 3.60. The third kappa shape index (κ3) is 3.45. The van der Waals surface area contributed by atoms with Gasteiger partial charge < -0.3 is 19.5 Å². The van der Waals surface area contributed by atoms with E-state index in [0.717, 1.165) is 16.8 Å². The van der Waals surface area contributed by atoms with Gasteiger partial charge in [0.2, 0.25) is 0 Å². The molecule has 0 aromatic heterocycles. The number of benzene rings is 2. The van der Waals surface area contributed by atoms with Gasteiger partial charge in [-0.3, -0.25) is 4.79 Å². The lowest BCUT2D eigenvalue weighted by molar-refractivity contribution is -0.131. The SMILES string of the molecule is CC(=O)Oc1cccc(C2Nc3ccc(C(C)(C)C)cc3C3OCOC23)c1. The van der Waals surface area contributed by atoms with Crippen LogP contribution < -0.4 is 10.1 Å². The Bertz CT molecular complexity index is 871. The number of esters is 1. The average Bonchev–Trinajstić information content (AvgIpc) is 3.09. The van der Waals surface area contributed by atoms with Crippen LogP contribution in [0.4, 0.5) is 5.69 Å². The molecule has 0 radical (unpaired) electrons. The second-order valence-electron chi connectivity index (χ2n) is 8.18. The van der Waals surface area contributed by atoms with E-state index in [0.29, 0.717) is 5.75 Å². The highest BCUT2D eigenvalue weighted by Crippen LogP contribution is 2.46. The molecule has 5 heteroatoms. The quantitative estimate of drug-likeness (QED) is 0.626. The van der Waals surface area contributed by atoms with Crippen molar-refractivity contribution < 1.29 is 19.0 Å². The maximum absolute atomic E-state index is 11.3. The standard InChI is InChI=1S/C22H25NO4/c1-13(24)27-16-7-5-6-14(10-16)19-21-20(25-12-26-21)17-11-15(22(2,3)4)8-9-18(17)23-19/h5-11,19-21,23H,12H2,1-4H3. The molecule has 0 spiro atoms.